The molecular weight excluding hydrogens is 468 g/mol. The first-order valence-electron chi connectivity index (χ1n) is 6.58. The predicted octanol–water partition coefficient (Wildman–Crippen LogP) is 5.45. The number of carbonyl (C=O) groups excluding carboxylic acids is 1. The molecule has 26 heavy (non-hydrogen) atoms. The molecule has 0 saturated carbocycles. The Morgan fingerprint density at radius 1 is 1.23 bits per heavy atom. The van der Waals surface area contributed by atoms with Gasteiger partial charge in [-0.25, -0.2) is 13.4 Å². The normalized spacial score (nSPS) is 12.6. The minimum absolute atomic E-state index is 0.0270. The molecule has 11 heteroatoms. The lowest BCUT2D eigenvalue weighted by Crippen LogP contribution is -2.19. The molecule has 0 aliphatic heterocycles. The Kier molecular flexibility index (Phi) is 6.30. The first kappa shape index (κ1) is 20.7. The largest absolute Gasteiger partial charge is 0.475 e. The van der Waals surface area contributed by atoms with Crippen molar-refractivity contribution in [3.05, 3.63) is 51.2 Å². The minimum atomic E-state index is -5.08. The average molecular weight is 476 g/mol. The molecule has 0 amide bonds. The third-order valence-electron chi connectivity index (χ3n) is 2.93. The zero-order chi connectivity index (χ0) is 19.6. The van der Waals surface area contributed by atoms with Gasteiger partial charge in [-0.3, -0.25) is 0 Å². The molecule has 0 heterocycles. The maximum atomic E-state index is 13.4. The van der Waals surface area contributed by atoms with Gasteiger partial charge in [0.1, 0.15) is 17.3 Å². The number of carbonyl (C=O) groups is 1. The lowest BCUT2D eigenvalue weighted by atomic mass is 10.2. The van der Waals surface area contributed by atoms with Crippen LogP contribution >= 0.6 is 27.5 Å². The maximum absolute atomic E-state index is 13.4. The van der Waals surface area contributed by atoms with E-state index in [0.29, 0.717) is 0 Å². The average Bonchev–Trinajstić information content (AvgIpc) is 2.53. The summed E-state index contributed by atoms with van der Waals surface area (Å²) in [4.78, 5) is 11.1. The second kappa shape index (κ2) is 7.93. The van der Waals surface area contributed by atoms with Crippen LogP contribution in [0.15, 0.2) is 39.7 Å². The minimum Gasteiger partial charge on any atom is -0.465 e. The van der Waals surface area contributed by atoms with Crippen molar-refractivity contribution in [2.45, 2.75) is 10.4 Å². The van der Waals surface area contributed by atoms with Crippen molar-refractivity contribution in [2.24, 2.45) is 0 Å². The van der Waals surface area contributed by atoms with E-state index < -0.39 is 38.6 Å². The van der Waals surface area contributed by atoms with E-state index in [1.54, 1.807) is 0 Å². The van der Waals surface area contributed by atoms with Gasteiger partial charge in [-0.2, -0.15) is 13.2 Å². The zero-order valence-electron chi connectivity index (χ0n) is 12.7. The summed E-state index contributed by atoms with van der Waals surface area (Å²) in [6.45, 7) is 0. The van der Waals surface area contributed by atoms with Crippen molar-refractivity contribution >= 4 is 44.3 Å². The Bertz CT molecular complexity index is 868. The topological polar surface area (TPSA) is 52.6 Å². The van der Waals surface area contributed by atoms with E-state index in [4.69, 9.17) is 16.3 Å². The monoisotopic (exact) mass is 474 g/mol. The van der Waals surface area contributed by atoms with Crippen LogP contribution in [0.5, 0.6) is 11.5 Å². The Morgan fingerprint density at radius 2 is 1.88 bits per heavy atom. The van der Waals surface area contributed by atoms with Crippen LogP contribution in [0.1, 0.15) is 10.4 Å². The van der Waals surface area contributed by atoms with Gasteiger partial charge in [0.05, 0.1) is 22.0 Å². The first-order valence-corrected chi connectivity index (χ1v) is 8.90. The molecule has 0 aliphatic carbocycles. The Labute approximate surface area is 160 Å². The number of halogens is 6. The summed E-state index contributed by atoms with van der Waals surface area (Å²) in [5, 5.41) is 0.0270. The fraction of sp³-hybridized carbons (Fsp3) is 0.133. The molecule has 0 bridgehead atoms. The molecule has 1 atom stereocenters. The van der Waals surface area contributed by atoms with Gasteiger partial charge < -0.3 is 9.47 Å². The lowest BCUT2D eigenvalue weighted by Gasteiger charge is -2.15. The summed E-state index contributed by atoms with van der Waals surface area (Å²) in [7, 11) is -2.52. The number of rotatable bonds is 4. The van der Waals surface area contributed by atoms with Gasteiger partial charge in [0.2, 0.25) is 0 Å². The fourth-order valence-electron chi connectivity index (χ4n) is 1.90. The summed E-state index contributed by atoms with van der Waals surface area (Å²) in [6, 6.07) is 5.14. The van der Waals surface area contributed by atoms with E-state index >= 15 is 0 Å². The van der Waals surface area contributed by atoms with Crippen LogP contribution in [0.25, 0.3) is 0 Å². The van der Waals surface area contributed by atoms with Crippen LogP contribution in [0.4, 0.5) is 17.6 Å². The highest BCUT2D eigenvalue weighted by molar-refractivity contribution is 9.10. The molecule has 140 valence electrons. The molecule has 0 spiro atoms. The van der Waals surface area contributed by atoms with E-state index in [1.807, 2.05) is 0 Å². The zero-order valence-corrected chi connectivity index (χ0v) is 15.9. The SMILES string of the molecule is COC(=O)c1c(S(=O)C(F)(F)F)ccc(Oc2cc(F)cc(Cl)c2)c1Br. The van der Waals surface area contributed by atoms with Gasteiger partial charge in [0.15, 0.2) is 10.8 Å². The molecular formula is C15H8BrClF4O4S. The summed E-state index contributed by atoms with van der Waals surface area (Å²) >= 11 is 8.65. The number of methoxy groups -OCH3 is 1. The molecule has 0 aromatic heterocycles. The number of hydrogen-bond acceptors (Lipinski definition) is 4. The number of ether oxygens (including phenoxy) is 2. The Morgan fingerprint density at radius 3 is 2.42 bits per heavy atom. The summed E-state index contributed by atoms with van der Waals surface area (Å²) in [6.07, 6.45) is 0. The smallest absolute Gasteiger partial charge is 0.465 e. The Balaban J connectivity index is 2.56. The van der Waals surface area contributed by atoms with Crippen molar-refractivity contribution in [1.29, 1.82) is 0 Å². The molecule has 2 rings (SSSR count). The van der Waals surface area contributed by atoms with Crippen molar-refractivity contribution in [1.82, 2.24) is 0 Å². The highest BCUT2D eigenvalue weighted by Crippen LogP contribution is 2.39. The van der Waals surface area contributed by atoms with E-state index in [2.05, 4.69) is 20.7 Å². The van der Waals surface area contributed by atoms with Crippen molar-refractivity contribution in [2.75, 3.05) is 7.11 Å². The lowest BCUT2D eigenvalue weighted by molar-refractivity contribution is -0.0384. The molecule has 2 aromatic rings. The maximum Gasteiger partial charge on any atom is 0.475 e. The third-order valence-corrected chi connectivity index (χ3v) is 5.10. The van der Waals surface area contributed by atoms with E-state index in [0.717, 1.165) is 31.4 Å². The summed E-state index contributed by atoms with van der Waals surface area (Å²) < 4.78 is 73.0. The van der Waals surface area contributed by atoms with Crippen molar-refractivity contribution < 1.29 is 36.0 Å². The molecule has 0 aliphatic rings. The third kappa shape index (κ3) is 4.54. The van der Waals surface area contributed by atoms with Gasteiger partial charge >= 0.3 is 11.5 Å². The molecule has 0 radical (unpaired) electrons. The summed E-state index contributed by atoms with van der Waals surface area (Å²) in [5.74, 6) is -2.05. The molecule has 4 nitrogen and oxygen atoms in total. The number of alkyl halides is 3. The van der Waals surface area contributed by atoms with E-state index in [-0.39, 0.29) is 21.0 Å². The molecule has 0 N–H and O–H groups in total. The van der Waals surface area contributed by atoms with Gasteiger partial charge in [-0.15, -0.1) is 0 Å². The number of hydrogen-bond donors (Lipinski definition) is 0. The predicted molar refractivity (Wildman–Crippen MR) is 89.4 cm³/mol. The molecule has 2 aromatic carbocycles. The van der Waals surface area contributed by atoms with E-state index in [1.165, 1.54) is 6.07 Å². The van der Waals surface area contributed by atoms with E-state index in [9.17, 15) is 26.6 Å². The van der Waals surface area contributed by atoms with Gasteiger partial charge in [-0.05, 0) is 40.2 Å². The van der Waals surface area contributed by atoms with Crippen LogP contribution in [-0.4, -0.2) is 22.8 Å². The van der Waals surface area contributed by atoms with Crippen LogP contribution in [0, 0.1) is 5.82 Å². The standard InChI is InChI=1S/C15H8BrClF4O4S/c1-24-14(22)12-11(26(23)15(19,20)21)3-2-10(13(12)16)25-9-5-7(17)4-8(18)6-9/h2-6H,1H3. The van der Waals surface area contributed by atoms with Gasteiger partial charge in [-0.1, -0.05) is 11.6 Å². The van der Waals surface area contributed by atoms with Crippen LogP contribution in [0.3, 0.4) is 0 Å². The van der Waals surface area contributed by atoms with Crippen LogP contribution in [-0.2, 0) is 15.5 Å². The fourth-order valence-corrected chi connectivity index (χ4v) is 3.65. The highest BCUT2D eigenvalue weighted by atomic mass is 79.9. The first-order chi connectivity index (χ1) is 12.0. The van der Waals surface area contributed by atoms with Crippen LogP contribution in [0.2, 0.25) is 5.02 Å². The molecule has 0 fully saturated rings. The second-order valence-electron chi connectivity index (χ2n) is 4.66. The molecule has 1 unspecified atom stereocenters. The van der Waals surface area contributed by atoms with Crippen molar-refractivity contribution in [3.8, 4) is 11.5 Å². The second-order valence-corrected chi connectivity index (χ2v) is 7.33. The molecule has 0 saturated heterocycles. The summed E-state index contributed by atoms with van der Waals surface area (Å²) in [5.41, 5.74) is -5.70. The quantitative estimate of drug-likeness (QED) is 0.436. The highest BCUT2D eigenvalue weighted by Gasteiger charge is 2.41. The van der Waals surface area contributed by atoms with Gasteiger partial charge in [0.25, 0.3) is 0 Å². The van der Waals surface area contributed by atoms with Crippen LogP contribution < -0.4 is 4.74 Å². The Hall–Kier alpha value is -1.65. The number of esters is 1. The van der Waals surface area contributed by atoms with Gasteiger partial charge in [0, 0.05) is 11.1 Å². The van der Waals surface area contributed by atoms with Crippen molar-refractivity contribution in [3.63, 3.8) is 0 Å². The number of benzene rings is 2.